The van der Waals surface area contributed by atoms with E-state index in [9.17, 15) is 4.79 Å². The summed E-state index contributed by atoms with van der Waals surface area (Å²) >= 11 is 1.23. The smallest absolute Gasteiger partial charge is 0.286 e. The number of aliphatic imine (C=N–C) groups is 1. The lowest BCUT2D eigenvalue weighted by atomic mass is 10.1. The molecule has 0 atom stereocenters. The van der Waals surface area contributed by atoms with Crippen molar-refractivity contribution >= 4 is 39.8 Å². The molecule has 0 spiro atoms. The molecule has 4 rings (SSSR count). The number of rotatable bonds is 3. The molecule has 3 aromatic rings. The number of carbonyl (C=O) groups excluding carboxylic acids is 1. The number of nitrogens with zero attached hydrogens (tertiary/aromatic N) is 2. The Labute approximate surface area is 156 Å². The predicted octanol–water partition coefficient (Wildman–Crippen LogP) is 4.24. The van der Waals surface area contributed by atoms with Gasteiger partial charge >= 0.3 is 0 Å². The van der Waals surface area contributed by atoms with E-state index in [0.717, 1.165) is 28.7 Å². The van der Waals surface area contributed by atoms with Gasteiger partial charge < -0.3 is 10.3 Å². The van der Waals surface area contributed by atoms with Crippen LogP contribution in [0.3, 0.4) is 0 Å². The van der Waals surface area contributed by atoms with Gasteiger partial charge in [0.2, 0.25) is 0 Å². The molecule has 0 saturated heterocycles. The summed E-state index contributed by atoms with van der Waals surface area (Å²) in [5.41, 5.74) is 11.6. The maximum atomic E-state index is 12.0. The Morgan fingerprint density at radius 2 is 1.85 bits per heavy atom. The van der Waals surface area contributed by atoms with Crippen molar-refractivity contribution in [1.82, 2.24) is 4.57 Å². The lowest BCUT2D eigenvalue weighted by molar-refractivity contribution is -0.113. The number of aromatic nitrogens is 1. The van der Waals surface area contributed by atoms with Crippen LogP contribution in [-0.4, -0.2) is 15.6 Å². The summed E-state index contributed by atoms with van der Waals surface area (Å²) in [4.78, 5) is 16.4. The molecule has 1 aliphatic rings. The third-order valence-electron chi connectivity index (χ3n) is 4.78. The Morgan fingerprint density at radius 3 is 2.58 bits per heavy atom. The van der Waals surface area contributed by atoms with Crippen molar-refractivity contribution in [2.24, 2.45) is 10.7 Å². The van der Waals surface area contributed by atoms with Crippen LogP contribution in [0.4, 0.5) is 0 Å². The molecule has 0 bridgehead atoms. The van der Waals surface area contributed by atoms with E-state index in [0.29, 0.717) is 10.1 Å². The fourth-order valence-electron chi connectivity index (χ4n) is 3.36. The van der Waals surface area contributed by atoms with E-state index < -0.39 is 0 Å². The normalized spacial score (nSPS) is 15.8. The van der Waals surface area contributed by atoms with Gasteiger partial charge in [-0.3, -0.25) is 4.79 Å². The fourth-order valence-corrected chi connectivity index (χ4v) is 4.02. The van der Waals surface area contributed by atoms with E-state index in [2.05, 4.69) is 59.8 Å². The average molecular weight is 361 g/mol. The lowest BCUT2D eigenvalue weighted by Crippen LogP contribution is -2.03. The Kier molecular flexibility index (Phi) is 4.17. The van der Waals surface area contributed by atoms with Crippen LogP contribution in [-0.2, 0) is 11.3 Å². The van der Waals surface area contributed by atoms with E-state index >= 15 is 0 Å². The van der Waals surface area contributed by atoms with Gasteiger partial charge in [0.25, 0.3) is 5.91 Å². The Balaban J connectivity index is 1.86. The van der Waals surface area contributed by atoms with Crippen LogP contribution in [0.5, 0.6) is 0 Å². The second-order valence-electron chi connectivity index (χ2n) is 6.39. The van der Waals surface area contributed by atoms with Gasteiger partial charge in [0.1, 0.15) is 0 Å². The first-order chi connectivity index (χ1) is 12.5. The van der Waals surface area contributed by atoms with E-state index in [-0.39, 0.29) is 5.91 Å². The minimum Gasteiger partial charge on any atom is -0.378 e. The van der Waals surface area contributed by atoms with Crippen LogP contribution in [0.1, 0.15) is 22.4 Å². The SMILES string of the molecule is Cc1ccccc1Cn1c(C)c(C=C2SC(N)=NC2=O)c2ccccc21. The lowest BCUT2D eigenvalue weighted by Gasteiger charge is -2.11. The standard InChI is InChI=1S/C21H19N3OS/c1-13-7-3-4-8-15(13)12-24-14(2)17(16-9-5-6-10-18(16)24)11-19-20(25)23-21(22)26-19/h3-11H,12H2,1-2H3,(H2,22,23,25). The molecule has 5 heteroatoms. The number of thioether (sulfide) groups is 1. The number of fused-ring (bicyclic) bond motifs is 1. The van der Waals surface area contributed by atoms with Crippen LogP contribution in [0, 0.1) is 13.8 Å². The minimum atomic E-state index is -0.261. The molecular formula is C21H19N3OS. The number of para-hydroxylation sites is 1. The molecule has 2 heterocycles. The Bertz CT molecular complexity index is 1090. The summed E-state index contributed by atoms with van der Waals surface area (Å²) in [6.07, 6.45) is 1.92. The largest absolute Gasteiger partial charge is 0.378 e. The third kappa shape index (κ3) is 2.84. The minimum absolute atomic E-state index is 0.261. The maximum absolute atomic E-state index is 12.0. The number of aryl methyl sites for hydroxylation is 1. The molecule has 1 aromatic heterocycles. The quantitative estimate of drug-likeness (QED) is 0.710. The summed E-state index contributed by atoms with van der Waals surface area (Å²) in [6, 6.07) is 16.7. The van der Waals surface area contributed by atoms with Crippen LogP contribution in [0.25, 0.3) is 17.0 Å². The molecule has 4 nitrogen and oxygen atoms in total. The van der Waals surface area contributed by atoms with Crippen molar-refractivity contribution in [2.75, 3.05) is 0 Å². The molecule has 2 aromatic carbocycles. The molecule has 1 aliphatic heterocycles. The van der Waals surface area contributed by atoms with Crippen LogP contribution >= 0.6 is 11.8 Å². The summed E-state index contributed by atoms with van der Waals surface area (Å²) < 4.78 is 2.30. The topological polar surface area (TPSA) is 60.4 Å². The first-order valence-corrected chi connectivity index (χ1v) is 9.26. The summed E-state index contributed by atoms with van der Waals surface area (Å²) in [6.45, 7) is 5.02. The second kappa shape index (κ2) is 6.50. The highest BCUT2D eigenvalue weighted by Crippen LogP contribution is 2.33. The van der Waals surface area contributed by atoms with Crippen molar-refractivity contribution in [3.63, 3.8) is 0 Å². The number of benzene rings is 2. The molecule has 0 radical (unpaired) electrons. The highest BCUT2D eigenvalue weighted by molar-refractivity contribution is 8.18. The fraction of sp³-hybridized carbons (Fsp3) is 0.143. The van der Waals surface area contributed by atoms with Crippen molar-refractivity contribution in [1.29, 1.82) is 0 Å². The van der Waals surface area contributed by atoms with E-state index in [4.69, 9.17) is 5.73 Å². The molecule has 2 N–H and O–H groups in total. The first-order valence-electron chi connectivity index (χ1n) is 8.45. The zero-order valence-electron chi connectivity index (χ0n) is 14.7. The first kappa shape index (κ1) is 16.7. The predicted molar refractivity (Wildman–Crippen MR) is 109 cm³/mol. The van der Waals surface area contributed by atoms with E-state index in [1.165, 1.54) is 22.9 Å². The number of carbonyl (C=O) groups is 1. The zero-order chi connectivity index (χ0) is 18.3. The summed E-state index contributed by atoms with van der Waals surface area (Å²) in [7, 11) is 0. The van der Waals surface area contributed by atoms with Crippen LogP contribution in [0.2, 0.25) is 0 Å². The number of amides is 1. The molecule has 1 amide bonds. The van der Waals surface area contributed by atoms with Crippen molar-refractivity contribution < 1.29 is 4.79 Å². The van der Waals surface area contributed by atoms with Gasteiger partial charge in [-0.05, 0) is 48.9 Å². The number of nitrogens with two attached hydrogens (primary N) is 1. The molecule has 130 valence electrons. The third-order valence-corrected chi connectivity index (χ3v) is 5.59. The maximum Gasteiger partial charge on any atom is 0.286 e. The summed E-state index contributed by atoms with van der Waals surface area (Å²) in [5.74, 6) is -0.261. The Hall–Kier alpha value is -2.79. The van der Waals surface area contributed by atoms with Gasteiger partial charge in [-0.25, -0.2) is 0 Å². The zero-order valence-corrected chi connectivity index (χ0v) is 15.5. The highest BCUT2D eigenvalue weighted by Gasteiger charge is 2.21. The molecule has 0 saturated carbocycles. The van der Waals surface area contributed by atoms with E-state index in [1.807, 2.05) is 18.2 Å². The molecule has 0 aliphatic carbocycles. The number of amidine groups is 1. The van der Waals surface area contributed by atoms with Gasteiger partial charge in [-0.15, -0.1) is 0 Å². The van der Waals surface area contributed by atoms with Gasteiger partial charge in [0.05, 0.1) is 4.91 Å². The van der Waals surface area contributed by atoms with Gasteiger partial charge in [0, 0.05) is 28.7 Å². The van der Waals surface area contributed by atoms with Crippen molar-refractivity contribution in [3.05, 3.63) is 75.8 Å². The number of hydrogen-bond donors (Lipinski definition) is 1. The average Bonchev–Trinajstić information content (AvgIpc) is 3.08. The second-order valence-corrected chi connectivity index (χ2v) is 7.46. The monoisotopic (exact) mass is 361 g/mol. The van der Waals surface area contributed by atoms with E-state index in [1.54, 1.807) is 0 Å². The van der Waals surface area contributed by atoms with Gasteiger partial charge in [-0.2, -0.15) is 4.99 Å². The number of hydrogen-bond acceptors (Lipinski definition) is 3. The molecule has 26 heavy (non-hydrogen) atoms. The summed E-state index contributed by atoms with van der Waals surface area (Å²) in [5, 5.41) is 1.44. The van der Waals surface area contributed by atoms with Gasteiger partial charge in [0.15, 0.2) is 5.17 Å². The molecular weight excluding hydrogens is 342 g/mol. The Morgan fingerprint density at radius 1 is 1.12 bits per heavy atom. The van der Waals surface area contributed by atoms with Crippen LogP contribution in [0.15, 0.2) is 58.4 Å². The molecule has 0 fully saturated rings. The molecule has 0 unspecified atom stereocenters. The van der Waals surface area contributed by atoms with Crippen molar-refractivity contribution in [3.8, 4) is 0 Å². The highest BCUT2D eigenvalue weighted by atomic mass is 32.2. The van der Waals surface area contributed by atoms with Gasteiger partial charge in [-0.1, -0.05) is 42.5 Å². The van der Waals surface area contributed by atoms with Crippen molar-refractivity contribution in [2.45, 2.75) is 20.4 Å². The van der Waals surface area contributed by atoms with Crippen LogP contribution < -0.4 is 5.73 Å².